The van der Waals surface area contributed by atoms with Crippen LogP contribution in [0.25, 0.3) is 0 Å². The summed E-state index contributed by atoms with van der Waals surface area (Å²) in [5.41, 5.74) is 2.89. The standard InChI is InChI=1S/C21H27N3O3S/c1-3-16-9-14-28-20(16)21(26)23(4-2)15-19(25)22-17-5-7-18(8-6-17)24-10-12-27-13-11-24/h5-9,14H,3-4,10-13,15H2,1-2H3,(H,22,25). The molecule has 3 rings (SSSR count). The average Bonchev–Trinajstić information content (AvgIpc) is 3.21. The van der Waals surface area contributed by atoms with Gasteiger partial charge in [0.25, 0.3) is 5.91 Å². The van der Waals surface area contributed by atoms with E-state index in [1.54, 1.807) is 4.90 Å². The van der Waals surface area contributed by atoms with Gasteiger partial charge in [-0.05, 0) is 54.6 Å². The van der Waals surface area contributed by atoms with Crippen molar-refractivity contribution < 1.29 is 14.3 Å². The van der Waals surface area contributed by atoms with Crippen LogP contribution in [-0.2, 0) is 16.0 Å². The molecule has 0 unspecified atom stereocenters. The van der Waals surface area contributed by atoms with Crippen LogP contribution in [0.15, 0.2) is 35.7 Å². The Balaban J connectivity index is 1.58. The highest BCUT2D eigenvalue weighted by molar-refractivity contribution is 7.12. The second-order valence-electron chi connectivity index (χ2n) is 6.64. The van der Waals surface area contributed by atoms with E-state index in [0.717, 1.165) is 54.5 Å². The second kappa shape index (κ2) is 9.71. The maximum absolute atomic E-state index is 12.8. The minimum atomic E-state index is -0.191. The van der Waals surface area contributed by atoms with Crippen LogP contribution in [0, 0.1) is 0 Å². The van der Waals surface area contributed by atoms with Gasteiger partial charge in [0.05, 0.1) is 18.1 Å². The van der Waals surface area contributed by atoms with Gasteiger partial charge in [-0.15, -0.1) is 11.3 Å². The van der Waals surface area contributed by atoms with Gasteiger partial charge in [0.1, 0.15) is 6.54 Å². The lowest BCUT2D eigenvalue weighted by atomic mass is 10.2. The Bertz CT molecular complexity index is 797. The van der Waals surface area contributed by atoms with Crippen molar-refractivity contribution >= 4 is 34.5 Å². The SMILES string of the molecule is CCc1ccsc1C(=O)N(CC)CC(=O)Nc1ccc(N2CCOCC2)cc1. The number of rotatable bonds is 7. The number of ether oxygens (including phenoxy) is 1. The van der Waals surface area contributed by atoms with Gasteiger partial charge in [-0.2, -0.15) is 0 Å². The monoisotopic (exact) mass is 401 g/mol. The van der Waals surface area contributed by atoms with Crippen LogP contribution in [0.4, 0.5) is 11.4 Å². The van der Waals surface area contributed by atoms with Gasteiger partial charge in [0, 0.05) is 31.0 Å². The van der Waals surface area contributed by atoms with Gasteiger partial charge in [0.15, 0.2) is 0 Å². The topological polar surface area (TPSA) is 61.9 Å². The number of anilines is 2. The summed E-state index contributed by atoms with van der Waals surface area (Å²) in [7, 11) is 0. The Hall–Kier alpha value is -2.38. The molecular formula is C21H27N3O3S. The number of carbonyl (C=O) groups excluding carboxylic acids is 2. The molecule has 1 saturated heterocycles. The molecule has 2 aromatic rings. The van der Waals surface area contributed by atoms with E-state index in [1.807, 2.05) is 49.6 Å². The number of hydrogen-bond donors (Lipinski definition) is 1. The molecule has 28 heavy (non-hydrogen) atoms. The zero-order chi connectivity index (χ0) is 19.9. The number of aryl methyl sites for hydroxylation is 1. The number of nitrogens with zero attached hydrogens (tertiary/aromatic N) is 2. The Morgan fingerprint density at radius 1 is 1.14 bits per heavy atom. The van der Waals surface area contributed by atoms with E-state index in [-0.39, 0.29) is 18.4 Å². The van der Waals surface area contributed by atoms with Gasteiger partial charge < -0.3 is 19.9 Å². The smallest absolute Gasteiger partial charge is 0.264 e. The van der Waals surface area contributed by atoms with Crippen molar-refractivity contribution in [2.45, 2.75) is 20.3 Å². The van der Waals surface area contributed by atoms with E-state index >= 15 is 0 Å². The number of morpholine rings is 1. The predicted octanol–water partition coefficient (Wildman–Crippen LogP) is 3.25. The fraction of sp³-hybridized carbons (Fsp3) is 0.429. The summed E-state index contributed by atoms with van der Waals surface area (Å²) in [6.07, 6.45) is 0.809. The molecule has 0 bridgehead atoms. The fourth-order valence-corrected chi connectivity index (χ4v) is 4.19. The van der Waals surface area contributed by atoms with Crippen LogP contribution in [-0.4, -0.2) is 56.1 Å². The average molecular weight is 402 g/mol. The highest BCUT2D eigenvalue weighted by Gasteiger charge is 2.21. The molecule has 1 aromatic heterocycles. The Morgan fingerprint density at radius 2 is 1.86 bits per heavy atom. The maximum atomic E-state index is 12.8. The highest BCUT2D eigenvalue weighted by atomic mass is 32.1. The van der Waals surface area contributed by atoms with Crippen LogP contribution >= 0.6 is 11.3 Å². The van der Waals surface area contributed by atoms with Crippen LogP contribution in [0.1, 0.15) is 29.1 Å². The molecule has 7 heteroatoms. The van der Waals surface area contributed by atoms with E-state index in [2.05, 4.69) is 10.2 Å². The molecule has 1 aromatic carbocycles. The second-order valence-corrected chi connectivity index (χ2v) is 7.56. The molecule has 150 valence electrons. The van der Waals surface area contributed by atoms with Crippen molar-refractivity contribution in [2.24, 2.45) is 0 Å². The third-order valence-corrected chi connectivity index (χ3v) is 5.80. The van der Waals surface area contributed by atoms with Crippen LogP contribution in [0.2, 0.25) is 0 Å². The Morgan fingerprint density at radius 3 is 2.50 bits per heavy atom. The molecule has 0 spiro atoms. The van der Waals surface area contributed by atoms with Crippen molar-refractivity contribution in [1.82, 2.24) is 4.90 Å². The van der Waals surface area contributed by atoms with E-state index in [4.69, 9.17) is 4.74 Å². The molecule has 0 aliphatic carbocycles. The summed E-state index contributed by atoms with van der Waals surface area (Å²) < 4.78 is 5.38. The lowest BCUT2D eigenvalue weighted by Crippen LogP contribution is -2.38. The van der Waals surface area contributed by atoms with E-state index in [0.29, 0.717) is 6.54 Å². The molecule has 0 atom stereocenters. The van der Waals surface area contributed by atoms with Gasteiger partial charge in [0.2, 0.25) is 5.91 Å². The quantitative estimate of drug-likeness (QED) is 0.774. The fourth-order valence-electron chi connectivity index (χ4n) is 3.22. The zero-order valence-corrected chi connectivity index (χ0v) is 17.3. The molecule has 1 N–H and O–H groups in total. The third kappa shape index (κ3) is 4.91. The van der Waals surface area contributed by atoms with Crippen LogP contribution in [0.5, 0.6) is 0 Å². The van der Waals surface area contributed by atoms with Crippen molar-refractivity contribution in [2.75, 3.05) is 49.6 Å². The first kappa shape index (κ1) is 20.4. The van der Waals surface area contributed by atoms with Crippen molar-refractivity contribution in [3.63, 3.8) is 0 Å². The summed E-state index contributed by atoms with van der Waals surface area (Å²) in [5, 5.41) is 4.82. The molecule has 0 saturated carbocycles. The van der Waals surface area contributed by atoms with Gasteiger partial charge >= 0.3 is 0 Å². The highest BCUT2D eigenvalue weighted by Crippen LogP contribution is 2.21. The lowest BCUT2D eigenvalue weighted by Gasteiger charge is -2.29. The molecule has 2 heterocycles. The zero-order valence-electron chi connectivity index (χ0n) is 16.4. The summed E-state index contributed by atoms with van der Waals surface area (Å²) in [6.45, 7) is 7.69. The number of thiophene rings is 1. The summed E-state index contributed by atoms with van der Waals surface area (Å²) in [5.74, 6) is -0.268. The number of amides is 2. The predicted molar refractivity (Wildman–Crippen MR) is 113 cm³/mol. The summed E-state index contributed by atoms with van der Waals surface area (Å²) >= 11 is 1.44. The van der Waals surface area contributed by atoms with Crippen molar-refractivity contribution in [3.8, 4) is 0 Å². The van der Waals surface area contributed by atoms with E-state index in [1.165, 1.54) is 11.3 Å². The molecule has 6 nitrogen and oxygen atoms in total. The first-order chi connectivity index (χ1) is 13.6. The minimum Gasteiger partial charge on any atom is -0.378 e. The lowest BCUT2D eigenvalue weighted by molar-refractivity contribution is -0.116. The number of carbonyl (C=O) groups is 2. The molecule has 1 aliphatic heterocycles. The van der Waals surface area contributed by atoms with E-state index in [9.17, 15) is 9.59 Å². The first-order valence-electron chi connectivity index (χ1n) is 9.70. The van der Waals surface area contributed by atoms with Crippen LogP contribution < -0.4 is 10.2 Å². The van der Waals surface area contributed by atoms with Gasteiger partial charge in [-0.3, -0.25) is 9.59 Å². The third-order valence-electron chi connectivity index (χ3n) is 4.85. The molecule has 2 amide bonds. The van der Waals surface area contributed by atoms with Crippen molar-refractivity contribution in [3.05, 3.63) is 46.2 Å². The first-order valence-corrected chi connectivity index (χ1v) is 10.6. The Labute approximate surface area is 170 Å². The maximum Gasteiger partial charge on any atom is 0.264 e. The molecular weight excluding hydrogens is 374 g/mol. The number of hydrogen-bond acceptors (Lipinski definition) is 5. The van der Waals surface area contributed by atoms with Gasteiger partial charge in [-0.1, -0.05) is 6.92 Å². The molecule has 1 aliphatic rings. The number of benzene rings is 1. The summed E-state index contributed by atoms with van der Waals surface area (Å²) in [6, 6.07) is 9.78. The largest absolute Gasteiger partial charge is 0.378 e. The minimum absolute atomic E-state index is 0.0433. The summed E-state index contributed by atoms with van der Waals surface area (Å²) in [4.78, 5) is 29.8. The van der Waals surface area contributed by atoms with Crippen LogP contribution in [0.3, 0.4) is 0 Å². The normalized spacial score (nSPS) is 14.0. The molecule has 1 fully saturated rings. The molecule has 0 radical (unpaired) electrons. The van der Waals surface area contributed by atoms with E-state index < -0.39 is 0 Å². The number of likely N-dealkylation sites (N-methyl/N-ethyl adjacent to an activating group) is 1. The van der Waals surface area contributed by atoms with Gasteiger partial charge in [-0.25, -0.2) is 0 Å². The Kier molecular flexibility index (Phi) is 7.06. The number of nitrogens with one attached hydrogen (secondary N) is 1. The van der Waals surface area contributed by atoms with Crippen molar-refractivity contribution in [1.29, 1.82) is 0 Å².